The number of carbonyl (C=O) groups is 3. The summed E-state index contributed by atoms with van der Waals surface area (Å²) in [4.78, 5) is 36.6. The Morgan fingerprint density at radius 2 is 1.48 bits per heavy atom. The first kappa shape index (κ1) is 21.5. The van der Waals surface area contributed by atoms with Gasteiger partial charge in [0.2, 0.25) is 0 Å². The summed E-state index contributed by atoms with van der Waals surface area (Å²) in [5.74, 6) is -2.35. The molecule has 3 atom stereocenters. The van der Waals surface area contributed by atoms with Gasteiger partial charge in [-0.1, -0.05) is 31.9 Å². The summed E-state index contributed by atoms with van der Waals surface area (Å²) in [5, 5.41) is 10.4. The Kier molecular flexibility index (Phi) is 6.40. The molecule has 0 spiro atoms. The molecule has 0 bridgehead atoms. The lowest BCUT2D eigenvalue weighted by atomic mass is 9.98. The lowest BCUT2D eigenvalue weighted by Gasteiger charge is -2.24. The molecule has 0 saturated carbocycles. The minimum Gasteiger partial charge on any atom is -0.458 e. The first-order valence-electron chi connectivity index (χ1n) is 8.51. The van der Waals surface area contributed by atoms with E-state index in [1.807, 2.05) is 0 Å². The zero-order valence-corrected chi connectivity index (χ0v) is 18.3. The summed E-state index contributed by atoms with van der Waals surface area (Å²) in [6.45, 7) is 0.806. The molecular weight excluding hydrogens is 512 g/mol. The lowest BCUT2D eigenvalue weighted by molar-refractivity contribution is -0.155. The van der Waals surface area contributed by atoms with Crippen LogP contribution in [0.25, 0.3) is 0 Å². The van der Waals surface area contributed by atoms with Crippen molar-refractivity contribution in [2.75, 3.05) is 6.61 Å². The van der Waals surface area contributed by atoms with Gasteiger partial charge in [-0.15, -0.1) is 0 Å². The SMILES string of the molecule is C[C@]1(O)C(=O)O[C@H](COC(=O)c2ccc(Br)cc2)[C@H]1OC(=O)c1ccc(Br)cc1. The van der Waals surface area contributed by atoms with Gasteiger partial charge in [-0.3, -0.25) is 0 Å². The number of aliphatic hydroxyl groups is 1. The Hall–Kier alpha value is -2.23. The van der Waals surface area contributed by atoms with Crippen LogP contribution in [0.5, 0.6) is 0 Å². The normalized spacial score (nSPS) is 23.4. The summed E-state index contributed by atoms with van der Waals surface area (Å²) in [6.07, 6.45) is -2.49. The Bertz CT molecular complexity index is 923. The highest BCUT2D eigenvalue weighted by Gasteiger charge is 2.56. The first-order chi connectivity index (χ1) is 13.7. The molecule has 1 heterocycles. The maximum atomic E-state index is 12.4. The summed E-state index contributed by atoms with van der Waals surface area (Å²) >= 11 is 6.54. The lowest BCUT2D eigenvalue weighted by Crippen LogP contribution is -2.47. The third-order valence-corrected chi connectivity index (χ3v) is 5.39. The highest BCUT2D eigenvalue weighted by atomic mass is 79.9. The smallest absolute Gasteiger partial charge is 0.342 e. The standard InChI is InChI=1S/C20H16Br2O7/c1-20(26)16(29-18(24)12-4-8-14(22)9-5-12)15(28-19(20)25)10-27-17(23)11-2-6-13(21)7-3-11/h2-9,15-16,26H,10H2,1H3/t15-,16-,20-/m1/s1. The molecule has 2 aromatic carbocycles. The van der Waals surface area contributed by atoms with Crippen LogP contribution in [0.1, 0.15) is 27.6 Å². The van der Waals surface area contributed by atoms with Crippen molar-refractivity contribution in [3.05, 3.63) is 68.6 Å². The largest absolute Gasteiger partial charge is 0.458 e. The highest BCUT2D eigenvalue weighted by Crippen LogP contribution is 2.30. The van der Waals surface area contributed by atoms with Gasteiger partial charge in [0.1, 0.15) is 6.61 Å². The van der Waals surface area contributed by atoms with Gasteiger partial charge in [0.15, 0.2) is 17.8 Å². The predicted octanol–water partition coefficient (Wildman–Crippen LogP) is 3.27. The summed E-state index contributed by atoms with van der Waals surface area (Å²) < 4.78 is 17.2. The average molecular weight is 528 g/mol. The van der Waals surface area contributed by atoms with Crippen molar-refractivity contribution in [1.82, 2.24) is 0 Å². The zero-order valence-electron chi connectivity index (χ0n) is 15.1. The van der Waals surface area contributed by atoms with Crippen molar-refractivity contribution >= 4 is 49.8 Å². The molecule has 0 amide bonds. The molecule has 1 fully saturated rings. The number of cyclic esters (lactones) is 1. The summed E-state index contributed by atoms with van der Waals surface area (Å²) in [6, 6.07) is 12.9. The van der Waals surface area contributed by atoms with Gasteiger partial charge in [-0.25, -0.2) is 14.4 Å². The fourth-order valence-electron chi connectivity index (χ4n) is 2.71. The maximum absolute atomic E-state index is 12.4. The van der Waals surface area contributed by atoms with Gasteiger partial charge >= 0.3 is 17.9 Å². The van der Waals surface area contributed by atoms with Crippen molar-refractivity contribution in [3.63, 3.8) is 0 Å². The second-order valence-corrected chi connectivity index (χ2v) is 8.36. The number of halogens is 2. The van der Waals surface area contributed by atoms with Crippen LogP contribution in [0.4, 0.5) is 0 Å². The molecule has 29 heavy (non-hydrogen) atoms. The van der Waals surface area contributed by atoms with Crippen molar-refractivity contribution in [2.24, 2.45) is 0 Å². The molecule has 1 aliphatic heterocycles. The van der Waals surface area contributed by atoms with Gasteiger partial charge in [0.05, 0.1) is 11.1 Å². The van der Waals surface area contributed by atoms with Gasteiger partial charge in [-0.2, -0.15) is 0 Å². The number of hydrogen-bond acceptors (Lipinski definition) is 7. The second-order valence-electron chi connectivity index (χ2n) is 6.53. The average Bonchev–Trinajstić information content (AvgIpc) is 2.90. The molecule has 0 aromatic heterocycles. The Balaban J connectivity index is 1.70. The number of rotatable bonds is 5. The molecule has 1 saturated heterocycles. The van der Waals surface area contributed by atoms with E-state index in [-0.39, 0.29) is 12.2 Å². The van der Waals surface area contributed by atoms with E-state index in [1.165, 1.54) is 19.1 Å². The highest BCUT2D eigenvalue weighted by molar-refractivity contribution is 9.10. The fraction of sp³-hybridized carbons (Fsp3) is 0.250. The van der Waals surface area contributed by atoms with Gasteiger partial charge in [-0.05, 0) is 55.5 Å². The summed E-state index contributed by atoms with van der Waals surface area (Å²) in [7, 11) is 0. The van der Waals surface area contributed by atoms with Crippen molar-refractivity contribution in [1.29, 1.82) is 0 Å². The molecular formula is C20H16Br2O7. The molecule has 152 valence electrons. The molecule has 2 aromatic rings. The van der Waals surface area contributed by atoms with Crippen LogP contribution >= 0.6 is 31.9 Å². The van der Waals surface area contributed by atoms with Crippen molar-refractivity contribution in [3.8, 4) is 0 Å². The van der Waals surface area contributed by atoms with E-state index < -0.39 is 35.7 Å². The van der Waals surface area contributed by atoms with Crippen LogP contribution < -0.4 is 0 Å². The number of benzene rings is 2. The number of ether oxygens (including phenoxy) is 3. The Labute approximate surface area is 183 Å². The van der Waals surface area contributed by atoms with Crippen molar-refractivity contribution < 1.29 is 33.7 Å². The van der Waals surface area contributed by atoms with E-state index >= 15 is 0 Å². The molecule has 0 unspecified atom stereocenters. The summed E-state index contributed by atoms with van der Waals surface area (Å²) in [5.41, 5.74) is -1.54. The quantitative estimate of drug-likeness (QED) is 0.470. The number of carbonyl (C=O) groups excluding carboxylic acids is 3. The molecule has 9 heteroatoms. The monoisotopic (exact) mass is 526 g/mol. The van der Waals surface area contributed by atoms with Crippen LogP contribution in [0, 0.1) is 0 Å². The van der Waals surface area contributed by atoms with Crippen LogP contribution in [0.2, 0.25) is 0 Å². The van der Waals surface area contributed by atoms with Crippen LogP contribution in [-0.4, -0.2) is 47.4 Å². The fourth-order valence-corrected chi connectivity index (χ4v) is 3.23. The molecule has 7 nitrogen and oxygen atoms in total. The third-order valence-electron chi connectivity index (χ3n) is 4.34. The van der Waals surface area contributed by atoms with Crippen LogP contribution in [0.3, 0.4) is 0 Å². The molecule has 0 radical (unpaired) electrons. The second kappa shape index (κ2) is 8.64. The minimum absolute atomic E-state index is 0.231. The van der Waals surface area contributed by atoms with E-state index in [1.54, 1.807) is 36.4 Å². The van der Waals surface area contributed by atoms with E-state index in [9.17, 15) is 19.5 Å². The molecule has 0 aliphatic carbocycles. The molecule has 3 rings (SSSR count). The zero-order chi connectivity index (χ0) is 21.2. The third kappa shape index (κ3) is 4.85. The number of esters is 3. The topological polar surface area (TPSA) is 99.1 Å². The predicted molar refractivity (Wildman–Crippen MR) is 108 cm³/mol. The molecule has 1 N–H and O–H groups in total. The molecule has 1 aliphatic rings. The minimum atomic E-state index is -2.07. The van der Waals surface area contributed by atoms with E-state index in [0.29, 0.717) is 5.56 Å². The van der Waals surface area contributed by atoms with Gasteiger partial charge in [0.25, 0.3) is 0 Å². The van der Waals surface area contributed by atoms with Crippen LogP contribution in [0.15, 0.2) is 57.5 Å². The first-order valence-corrected chi connectivity index (χ1v) is 10.1. The van der Waals surface area contributed by atoms with E-state index in [2.05, 4.69) is 31.9 Å². The number of hydrogen-bond donors (Lipinski definition) is 1. The Morgan fingerprint density at radius 1 is 1.00 bits per heavy atom. The van der Waals surface area contributed by atoms with E-state index in [0.717, 1.165) is 8.95 Å². The van der Waals surface area contributed by atoms with Crippen molar-refractivity contribution in [2.45, 2.75) is 24.7 Å². The Morgan fingerprint density at radius 3 is 2.00 bits per heavy atom. The van der Waals surface area contributed by atoms with Gasteiger partial charge in [0, 0.05) is 8.95 Å². The van der Waals surface area contributed by atoms with E-state index in [4.69, 9.17) is 14.2 Å². The van der Waals surface area contributed by atoms with Gasteiger partial charge < -0.3 is 19.3 Å². The maximum Gasteiger partial charge on any atom is 0.342 e. The van der Waals surface area contributed by atoms with Crippen LogP contribution in [-0.2, 0) is 19.0 Å².